The molecule has 0 aliphatic carbocycles. The first kappa shape index (κ1) is 25.3. The van der Waals surface area contributed by atoms with Crippen LogP contribution in [0.25, 0.3) is 10.9 Å². The van der Waals surface area contributed by atoms with Gasteiger partial charge in [0.1, 0.15) is 5.75 Å². The molecule has 0 bridgehead atoms. The average molecular weight is 530 g/mol. The number of rotatable bonds is 7. The van der Waals surface area contributed by atoms with Gasteiger partial charge < -0.3 is 14.5 Å². The van der Waals surface area contributed by atoms with Crippen molar-refractivity contribution in [3.63, 3.8) is 0 Å². The Morgan fingerprint density at radius 2 is 1.61 bits per heavy atom. The van der Waals surface area contributed by atoms with E-state index < -0.39 is 11.5 Å². The number of nitrogens with zero attached hydrogens (tertiary/aromatic N) is 4. The Morgan fingerprint density at radius 1 is 0.921 bits per heavy atom. The third-order valence-electron chi connectivity index (χ3n) is 6.38. The molecule has 5 rings (SSSR count). The minimum absolute atomic E-state index is 0.0574. The van der Waals surface area contributed by atoms with Gasteiger partial charge in [-0.2, -0.15) is 4.68 Å². The highest BCUT2D eigenvalue weighted by Crippen LogP contribution is 2.28. The molecule has 38 heavy (non-hydrogen) atoms. The minimum Gasteiger partial charge on any atom is -0.495 e. The highest BCUT2D eigenvalue weighted by atomic mass is 32.2. The number of hydrogen-bond donors (Lipinski definition) is 1. The lowest BCUT2D eigenvalue weighted by atomic mass is 10.2. The highest BCUT2D eigenvalue weighted by Gasteiger charge is 2.24. The number of methoxy groups -OCH3 is 1. The number of fused-ring (bicyclic) bond motifs is 1. The maximum Gasteiger partial charge on any atom is 0.281 e. The summed E-state index contributed by atoms with van der Waals surface area (Å²) >= 11 is 1.13. The van der Waals surface area contributed by atoms with Gasteiger partial charge in [-0.05, 0) is 36.4 Å². The van der Waals surface area contributed by atoms with E-state index in [1.165, 1.54) is 0 Å². The molecule has 2 amide bonds. The smallest absolute Gasteiger partial charge is 0.281 e. The number of carbonyl (C=O) groups is 2. The van der Waals surface area contributed by atoms with Crippen molar-refractivity contribution in [2.45, 2.75) is 5.16 Å². The molecule has 1 aromatic heterocycles. The van der Waals surface area contributed by atoms with Gasteiger partial charge >= 0.3 is 0 Å². The molecule has 0 spiro atoms. The monoisotopic (exact) mass is 529 g/mol. The number of benzene rings is 3. The van der Waals surface area contributed by atoms with Crippen LogP contribution in [-0.2, 0) is 4.79 Å². The second kappa shape index (κ2) is 11.4. The van der Waals surface area contributed by atoms with Crippen LogP contribution in [0.5, 0.6) is 5.75 Å². The number of hydrogen-bond acceptors (Lipinski definition) is 7. The summed E-state index contributed by atoms with van der Waals surface area (Å²) in [5.41, 5.74) is 4.18. The Labute approximate surface area is 224 Å². The first-order chi connectivity index (χ1) is 18.5. The molecule has 4 aromatic rings. The zero-order valence-corrected chi connectivity index (χ0v) is 21.7. The first-order valence-corrected chi connectivity index (χ1v) is 13.2. The predicted molar refractivity (Wildman–Crippen MR) is 149 cm³/mol. The molecule has 0 atom stereocenters. The second-order valence-corrected chi connectivity index (χ2v) is 9.63. The summed E-state index contributed by atoms with van der Waals surface area (Å²) in [6.45, 7) is 2.51. The molecule has 194 valence electrons. The maximum atomic E-state index is 13.3. The van der Waals surface area contributed by atoms with Crippen molar-refractivity contribution in [2.24, 2.45) is 0 Å². The van der Waals surface area contributed by atoms with Gasteiger partial charge in [0.25, 0.3) is 11.5 Å². The number of thioether (sulfide) groups is 1. The predicted octanol–water partition coefficient (Wildman–Crippen LogP) is 3.23. The molecular weight excluding hydrogens is 502 g/mol. The molecule has 1 aliphatic heterocycles. The van der Waals surface area contributed by atoms with Crippen LogP contribution >= 0.6 is 11.8 Å². The molecule has 1 fully saturated rings. The van der Waals surface area contributed by atoms with Gasteiger partial charge in [-0.1, -0.05) is 54.2 Å². The van der Waals surface area contributed by atoms with Crippen molar-refractivity contribution in [2.75, 3.05) is 49.4 Å². The van der Waals surface area contributed by atoms with Crippen molar-refractivity contribution >= 4 is 40.2 Å². The van der Waals surface area contributed by atoms with Crippen LogP contribution in [0.4, 0.5) is 5.69 Å². The van der Waals surface area contributed by atoms with E-state index in [0.717, 1.165) is 27.9 Å². The Kier molecular flexibility index (Phi) is 7.60. The second-order valence-electron chi connectivity index (χ2n) is 8.69. The lowest BCUT2D eigenvalue weighted by Gasteiger charge is -2.36. The summed E-state index contributed by atoms with van der Waals surface area (Å²) in [6.07, 6.45) is 0. The quantitative estimate of drug-likeness (QED) is 0.290. The van der Waals surface area contributed by atoms with E-state index in [1.807, 2.05) is 35.2 Å². The molecular formula is C28H27N5O4S. The molecule has 9 nitrogen and oxygen atoms in total. The van der Waals surface area contributed by atoms with Crippen molar-refractivity contribution in [1.29, 1.82) is 0 Å². The van der Waals surface area contributed by atoms with Crippen LogP contribution in [-0.4, -0.2) is 65.4 Å². The highest BCUT2D eigenvalue weighted by molar-refractivity contribution is 7.99. The van der Waals surface area contributed by atoms with Crippen LogP contribution in [0.3, 0.4) is 0 Å². The van der Waals surface area contributed by atoms with Crippen molar-refractivity contribution in [3.8, 4) is 5.75 Å². The SMILES string of the molecule is COc1ccccc1N1CCN(C(=O)CSc2nc3ccccc3c(=O)n2NC(=O)c2ccccc2)CC1. The summed E-state index contributed by atoms with van der Waals surface area (Å²) in [4.78, 5) is 47.8. The number of carbonyl (C=O) groups excluding carboxylic acids is 2. The fourth-order valence-electron chi connectivity index (χ4n) is 4.37. The van der Waals surface area contributed by atoms with Crippen LogP contribution in [0.2, 0.25) is 0 Å². The van der Waals surface area contributed by atoms with Gasteiger partial charge in [-0.3, -0.25) is 19.8 Å². The summed E-state index contributed by atoms with van der Waals surface area (Å²) < 4.78 is 6.61. The van der Waals surface area contributed by atoms with Crippen molar-refractivity contribution in [3.05, 3.63) is 94.8 Å². The summed E-state index contributed by atoms with van der Waals surface area (Å²) in [7, 11) is 1.65. The molecule has 0 radical (unpaired) electrons. The summed E-state index contributed by atoms with van der Waals surface area (Å²) in [6, 6.07) is 23.4. The normalized spacial score (nSPS) is 13.4. The van der Waals surface area contributed by atoms with Crippen LogP contribution in [0.15, 0.2) is 88.8 Å². The Balaban J connectivity index is 1.30. The van der Waals surface area contributed by atoms with Gasteiger partial charge in [0.15, 0.2) is 5.16 Å². The molecule has 0 saturated carbocycles. The average Bonchev–Trinajstić information content (AvgIpc) is 2.98. The van der Waals surface area contributed by atoms with E-state index in [4.69, 9.17) is 4.74 Å². The van der Waals surface area contributed by atoms with Crippen molar-refractivity contribution in [1.82, 2.24) is 14.6 Å². The van der Waals surface area contributed by atoms with Gasteiger partial charge in [-0.15, -0.1) is 0 Å². The molecule has 2 heterocycles. The van der Waals surface area contributed by atoms with E-state index in [2.05, 4.69) is 15.3 Å². The number of anilines is 1. The lowest BCUT2D eigenvalue weighted by Crippen LogP contribution is -2.49. The molecule has 1 aliphatic rings. The van der Waals surface area contributed by atoms with Crippen LogP contribution in [0, 0.1) is 0 Å². The fourth-order valence-corrected chi connectivity index (χ4v) is 5.22. The van der Waals surface area contributed by atoms with Crippen molar-refractivity contribution < 1.29 is 14.3 Å². The van der Waals surface area contributed by atoms with Crippen LogP contribution < -0.4 is 20.6 Å². The number of piperazine rings is 1. The number of nitrogens with one attached hydrogen (secondary N) is 1. The number of para-hydroxylation sites is 3. The zero-order chi connectivity index (χ0) is 26.5. The first-order valence-electron chi connectivity index (χ1n) is 12.2. The fraction of sp³-hybridized carbons (Fsp3) is 0.214. The number of aromatic nitrogens is 2. The number of ether oxygens (including phenoxy) is 1. The lowest BCUT2D eigenvalue weighted by molar-refractivity contribution is -0.128. The third-order valence-corrected chi connectivity index (χ3v) is 7.30. The van der Waals surface area contributed by atoms with E-state index in [0.29, 0.717) is 42.6 Å². The molecule has 1 N–H and O–H groups in total. The van der Waals surface area contributed by atoms with Gasteiger partial charge in [0.05, 0.1) is 29.5 Å². The largest absolute Gasteiger partial charge is 0.495 e. The van der Waals surface area contributed by atoms with E-state index in [-0.39, 0.29) is 16.8 Å². The topological polar surface area (TPSA) is 96.8 Å². The van der Waals surface area contributed by atoms with Gasteiger partial charge in [0, 0.05) is 31.7 Å². The summed E-state index contributed by atoms with van der Waals surface area (Å²) in [5.74, 6) is 0.393. The standard InChI is InChI=1S/C28H27N5O4S/c1-37-24-14-8-7-13-23(24)31-15-17-32(18-16-31)25(34)19-38-28-29-22-12-6-5-11-21(22)27(36)33(28)30-26(35)20-9-3-2-4-10-20/h2-14H,15-19H2,1H3,(H,30,35). The Morgan fingerprint density at radius 3 is 2.37 bits per heavy atom. The molecule has 1 saturated heterocycles. The third kappa shape index (κ3) is 5.35. The molecule has 10 heteroatoms. The van der Waals surface area contributed by atoms with Gasteiger partial charge in [0.2, 0.25) is 5.91 Å². The van der Waals surface area contributed by atoms with E-state index in [1.54, 1.807) is 55.6 Å². The molecule has 3 aromatic carbocycles. The van der Waals surface area contributed by atoms with E-state index in [9.17, 15) is 14.4 Å². The maximum absolute atomic E-state index is 13.3. The minimum atomic E-state index is -0.439. The Bertz CT molecular complexity index is 1520. The zero-order valence-electron chi connectivity index (χ0n) is 20.9. The summed E-state index contributed by atoms with van der Waals surface area (Å²) in [5, 5.41) is 0.628. The van der Waals surface area contributed by atoms with Gasteiger partial charge in [-0.25, -0.2) is 4.98 Å². The number of amides is 2. The molecule has 0 unspecified atom stereocenters. The van der Waals surface area contributed by atoms with Crippen LogP contribution in [0.1, 0.15) is 10.4 Å². The van der Waals surface area contributed by atoms with E-state index >= 15 is 0 Å². The Hall–Kier alpha value is -4.31.